The number of fused-ring (bicyclic) bond motifs is 3. The summed E-state index contributed by atoms with van der Waals surface area (Å²) in [6.45, 7) is 1.96. The lowest BCUT2D eigenvalue weighted by Crippen LogP contribution is -2.51. The highest BCUT2D eigenvalue weighted by molar-refractivity contribution is 5.98. The number of allylic oxidation sites excluding steroid dienone is 1. The van der Waals surface area contributed by atoms with Gasteiger partial charge in [-0.25, -0.2) is 9.97 Å². The number of aromatic hydroxyl groups is 1. The molecule has 2 aromatic carbocycles. The Labute approximate surface area is 181 Å². The summed E-state index contributed by atoms with van der Waals surface area (Å²) in [6, 6.07) is 17.2. The number of aromatic nitrogens is 2. The second kappa shape index (κ2) is 7.34. The van der Waals surface area contributed by atoms with Crippen LogP contribution in [0.4, 0.5) is 0 Å². The van der Waals surface area contributed by atoms with E-state index in [0.29, 0.717) is 23.4 Å². The van der Waals surface area contributed by atoms with Gasteiger partial charge < -0.3 is 10.2 Å². The Morgan fingerprint density at radius 1 is 1.10 bits per heavy atom. The highest BCUT2D eigenvalue weighted by Crippen LogP contribution is 2.55. The van der Waals surface area contributed by atoms with Crippen molar-refractivity contribution < 1.29 is 15.0 Å². The molecule has 31 heavy (non-hydrogen) atoms. The number of Topliss-reactive ketones (excluding diaryl/α,β-unsaturated/α-hetero) is 1. The fraction of sp³-hybridized carbons (Fsp3) is 0.269. The molecule has 0 aliphatic heterocycles. The maximum Gasteiger partial charge on any atom is 0.165 e. The van der Waals surface area contributed by atoms with Crippen molar-refractivity contribution in [1.82, 2.24) is 9.97 Å². The predicted molar refractivity (Wildman–Crippen MR) is 118 cm³/mol. The molecule has 0 unspecified atom stereocenters. The van der Waals surface area contributed by atoms with Crippen LogP contribution in [0.25, 0.3) is 11.4 Å². The summed E-state index contributed by atoms with van der Waals surface area (Å²) in [5, 5.41) is 20.3. The van der Waals surface area contributed by atoms with Crippen LogP contribution in [0.3, 0.4) is 0 Å². The summed E-state index contributed by atoms with van der Waals surface area (Å²) >= 11 is 0. The van der Waals surface area contributed by atoms with Gasteiger partial charge in [0.1, 0.15) is 5.75 Å². The number of aryl methyl sites for hydroxylation is 1. The van der Waals surface area contributed by atoms with Gasteiger partial charge in [0.05, 0.1) is 17.5 Å². The molecule has 2 aliphatic carbocycles. The molecule has 5 rings (SSSR count). The summed E-state index contributed by atoms with van der Waals surface area (Å²) in [4.78, 5) is 22.5. The Bertz CT molecular complexity index is 1190. The number of nitrogens with zero attached hydrogens (tertiary/aromatic N) is 2. The van der Waals surface area contributed by atoms with Crippen LogP contribution in [0.15, 0.2) is 72.6 Å². The van der Waals surface area contributed by atoms with E-state index < -0.39 is 5.41 Å². The summed E-state index contributed by atoms with van der Waals surface area (Å²) in [6.07, 6.45) is 4.87. The van der Waals surface area contributed by atoms with E-state index in [-0.39, 0.29) is 23.4 Å². The van der Waals surface area contributed by atoms with Crippen molar-refractivity contribution in [2.75, 3.05) is 0 Å². The Balaban J connectivity index is 1.79. The number of aliphatic hydroxyl groups excluding tert-OH is 1. The fourth-order valence-corrected chi connectivity index (χ4v) is 5.55. The summed E-state index contributed by atoms with van der Waals surface area (Å²) in [5.74, 6) is 0.436. The second-order valence-electron chi connectivity index (χ2n) is 8.55. The molecule has 5 heteroatoms. The van der Waals surface area contributed by atoms with Gasteiger partial charge in [0.2, 0.25) is 0 Å². The molecule has 3 aromatic rings. The quantitative estimate of drug-likeness (QED) is 0.469. The molecule has 0 bridgehead atoms. The molecule has 156 valence electrons. The number of ketones is 1. The minimum atomic E-state index is -0.543. The van der Waals surface area contributed by atoms with Crippen molar-refractivity contribution in [2.45, 2.75) is 31.6 Å². The Kier molecular flexibility index (Phi) is 4.62. The van der Waals surface area contributed by atoms with E-state index in [1.54, 1.807) is 18.2 Å². The third-order valence-electron chi connectivity index (χ3n) is 7.04. The van der Waals surface area contributed by atoms with Gasteiger partial charge in [-0.3, -0.25) is 4.79 Å². The molecule has 1 aromatic heterocycles. The Hall–Kier alpha value is -3.47. The number of hydrogen-bond acceptors (Lipinski definition) is 5. The predicted octanol–water partition coefficient (Wildman–Crippen LogP) is 4.75. The smallest absolute Gasteiger partial charge is 0.165 e. The first kappa shape index (κ1) is 19.5. The van der Waals surface area contributed by atoms with Gasteiger partial charge in [-0.05, 0) is 48.4 Å². The number of phenols is 1. The van der Waals surface area contributed by atoms with Gasteiger partial charge in [-0.1, -0.05) is 49.4 Å². The van der Waals surface area contributed by atoms with E-state index >= 15 is 0 Å². The number of hydrogen-bond donors (Lipinski definition) is 2. The summed E-state index contributed by atoms with van der Waals surface area (Å²) in [5.41, 5.74) is 3.50. The Morgan fingerprint density at radius 3 is 2.58 bits per heavy atom. The fourth-order valence-electron chi connectivity index (χ4n) is 5.55. The first-order valence-corrected chi connectivity index (χ1v) is 10.6. The third-order valence-corrected chi connectivity index (χ3v) is 7.04. The van der Waals surface area contributed by atoms with Crippen LogP contribution in [0.1, 0.15) is 36.6 Å². The third kappa shape index (κ3) is 2.87. The van der Waals surface area contributed by atoms with Crippen molar-refractivity contribution in [3.8, 4) is 17.1 Å². The number of aliphatic hydroxyl groups is 1. The number of rotatable bonds is 2. The van der Waals surface area contributed by atoms with Gasteiger partial charge in [0.25, 0.3) is 0 Å². The van der Waals surface area contributed by atoms with Crippen LogP contribution in [-0.2, 0) is 16.6 Å². The van der Waals surface area contributed by atoms with E-state index in [4.69, 9.17) is 4.98 Å². The van der Waals surface area contributed by atoms with Crippen molar-refractivity contribution in [3.05, 3.63) is 89.5 Å². The molecule has 2 aliphatic rings. The average Bonchev–Trinajstić information content (AvgIpc) is 2.81. The van der Waals surface area contributed by atoms with Crippen LogP contribution < -0.4 is 0 Å². The van der Waals surface area contributed by atoms with Crippen molar-refractivity contribution in [1.29, 1.82) is 0 Å². The average molecular weight is 412 g/mol. The largest absolute Gasteiger partial charge is 0.515 e. The molecule has 3 atom stereocenters. The van der Waals surface area contributed by atoms with Crippen LogP contribution in [0.2, 0.25) is 0 Å². The number of carbonyl (C=O) groups excluding carboxylic acids is 1. The van der Waals surface area contributed by atoms with E-state index in [1.807, 2.05) is 37.4 Å². The molecular weight excluding hydrogens is 388 g/mol. The standard InChI is InChI=1S/C26H24N2O3/c1-16-21-12-11-17-14-27-25(20-9-5-6-10-22(20)30)28-24(17)26(21,13-18(15-29)23(16)31)19-7-3-2-4-8-19/h2-10,14-16,21,29-30H,11-13H2,1H3/t16-,21-,26+/m0/s1. The topological polar surface area (TPSA) is 83.3 Å². The summed E-state index contributed by atoms with van der Waals surface area (Å²) < 4.78 is 0. The van der Waals surface area contributed by atoms with Gasteiger partial charge in [-0.15, -0.1) is 0 Å². The molecule has 0 saturated heterocycles. The van der Waals surface area contributed by atoms with Gasteiger partial charge >= 0.3 is 0 Å². The molecule has 2 N–H and O–H groups in total. The van der Waals surface area contributed by atoms with Gasteiger partial charge in [-0.2, -0.15) is 0 Å². The van der Waals surface area contributed by atoms with Crippen LogP contribution in [0.5, 0.6) is 5.75 Å². The molecule has 0 radical (unpaired) electrons. The minimum absolute atomic E-state index is 0.0116. The SMILES string of the molecule is C[C@@H]1C(=O)C(=CO)C[C@]2(c3ccccc3)c3nc(-c4ccccc4O)ncc3CC[C@@H]12. The zero-order chi connectivity index (χ0) is 21.6. The van der Waals surface area contributed by atoms with Crippen molar-refractivity contribution >= 4 is 5.78 Å². The zero-order valence-corrected chi connectivity index (χ0v) is 17.3. The number of para-hydroxylation sites is 1. The Morgan fingerprint density at radius 2 is 1.84 bits per heavy atom. The molecule has 1 saturated carbocycles. The highest BCUT2D eigenvalue weighted by atomic mass is 16.3. The highest BCUT2D eigenvalue weighted by Gasteiger charge is 2.54. The van der Waals surface area contributed by atoms with Crippen LogP contribution in [-0.4, -0.2) is 26.0 Å². The van der Waals surface area contributed by atoms with E-state index in [0.717, 1.165) is 35.9 Å². The van der Waals surface area contributed by atoms with Crippen LogP contribution in [0, 0.1) is 11.8 Å². The minimum Gasteiger partial charge on any atom is -0.515 e. The molecule has 1 fully saturated rings. The van der Waals surface area contributed by atoms with Gasteiger partial charge in [0, 0.05) is 23.1 Å². The van der Waals surface area contributed by atoms with Gasteiger partial charge in [0.15, 0.2) is 11.6 Å². The lowest BCUT2D eigenvalue weighted by atomic mass is 9.52. The lowest BCUT2D eigenvalue weighted by molar-refractivity contribution is -0.123. The molecule has 5 nitrogen and oxygen atoms in total. The van der Waals surface area contributed by atoms with Crippen molar-refractivity contribution in [3.63, 3.8) is 0 Å². The normalized spacial score (nSPS) is 26.4. The van der Waals surface area contributed by atoms with E-state index in [9.17, 15) is 15.0 Å². The zero-order valence-electron chi connectivity index (χ0n) is 17.3. The van der Waals surface area contributed by atoms with Crippen LogP contribution >= 0.6 is 0 Å². The van der Waals surface area contributed by atoms with E-state index in [2.05, 4.69) is 17.1 Å². The maximum absolute atomic E-state index is 12.9. The van der Waals surface area contributed by atoms with E-state index in [1.165, 1.54) is 0 Å². The first-order chi connectivity index (χ1) is 15.1. The number of benzene rings is 2. The molecule has 0 amide bonds. The molecular formula is C26H24N2O3. The number of carbonyl (C=O) groups is 1. The second-order valence-corrected chi connectivity index (χ2v) is 8.55. The first-order valence-electron chi connectivity index (χ1n) is 10.6. The monoisotopic (exact) mass is 412 g/mol. The summed E-state index contributed by atoms with van der Waals surface area (Å²) in [7, 11) is 0. The molecule has 1 heterocycles. The maximum atomic E-state index is 12.9. The lowest BCUT2D eigenvalue weighted by Gasteiger charge is -2.50. The number of phenolic OH excluding ortho intramolecular Hbond substituents is 1. The van der Waals surface area contributed by atoms with Crippen molar-refractivity contribution in [2.24, 2.45) is 11.8 Å². The molecule has 0 spiro atoms.